The summed E-state index contributed by atoms with van der Waals surface area (Å²) in [6, 6.07) is 10.7. The van der Waals surface area contributed by atoms with Gasteiger partial charge in [0.05, 0.1) is 0 Å². The second-order valence-electron chi connectivity index (χ2n) is 7.46. The van der Waals surface area contributed by atoms with Crippen molar-refractivity contribution in [3.63, 3.8) is 0 Å². The summed E-state index contributed by atoms with van der Waals surface area (Å²) in [5, 5.41) is 0. The van der Waals surface area contributed by atoms with E-state index in [4.69, 9.17) is 0 Å². The molecule has 1 fully saturated rings. The highest BCUT2D eigenvalue weighted by atomic mass is 16.2. The number of hydrogen-bond donors (Lipinski definition) is 0. The molecule has 0 radical (unpaired) electrons. The van der Waals surface area contributed by atoms with Gasteiger partial charge in [0.25, 0.3) is 0 Å². The summed E-state index contributed by atoms with van der Waals surface area (Å²) in [5.41, 5.74) is 1.43. The third-order valence-corrected chi connectivity index (χ3v) is 5.38. The monoisotopic (exact) mass is 341 g/mol. The van der Waals surface area contributed by atoms with Crippen molar-refractivity contribution in [2.45, 2.75) is 70.6 Å². The molecule has 1 aliphatic heterocycles. The minimum Gasteiger partial charge on any atom is -0.343 e. The van der Waals surface area contributed by atoms with Gasteiger partial charge in [0.1, 0.15) is 0 Å². The predicted molar refractivity (Wildman–Crippen MR) is 107 cm³/mol. The molecule has 0 aromatic heterocycles. The Kier molecular flexibility index (Phi) is 9.40. The molecule has 1 aromatic carbocycles. The number of unbranched alkanes of at least 4 members (excludes halogenated alkanes) is 6. The maximum absolute atomic E-state index is 12.4. The van der Waals surface area contributed by atoms with Crippen molar-refractivity contribution in [2.24, 2.45) is 5.92 Å². The van der Waals surface area contributed by atoms with E-state index in [-0.39, 0.29) is 0 Å². The molecule has 0 saturated carbocycles. The van der Waals surface area contributed by atoms with E-state index < -0.39 is 0 Å². The van der Waals surface area contributed by atoms with E-state index in [1.807, 2.05) is 6.08 Å². The van der Waals surface area contributed by atoms with Crippen molar-refractivity contribution in [1.29, 1.82) is 0 Å². The first-order valence-electron chi connectivity index (χ1n) is 10.2. The Morgan fingerprint density at radius 3 is 2.32 bits per heavy atom. The van der Waals surface area contributed by atoms with Crippen LogP contribution in [-0.4, -0.2) is 23.9 Å². The van der Waals surface area contributed by atoms with Crippen molar-refractivity contribution in [3.8, 4) is 0 Å². The molecule has 0 spiro atoms. The first-order valence-corrected chi connectivity index (χ1v) is 10.2. The van der Waals surface area contributed by atoms with Gasteiger partial charge in [0.15, 0.2) is 0 Å². The number of rotatable bonds is 11. The highest BCUT2D eigenvalue weighted by Gasteiger charge is 2.22. The fourth-order valence-corrected chi connectivity index (χ4v) is 3.76. The third kappa shape index (κ3) is 7.90. The van der Waals surface area contributed by atoms with Crippen LogP contribution in [0.1, 0.15) is 69.8 Å². The van der Waals surface area contributed by atoms with E-state index in [1.54, 1.807) is 0 Å². The van der Waals surface area contributed by atoms with Gasteiger partial charge in [-0.1, -0.05) is 62.1 Å². The topological polar surface area (TPSA) is 20.3 Å². The van der Waals surface area contributed by atoms with Crippen LogP contribution in [0.2, 0.25) is 0 Å². The number of likely N-dealkylation sites (tertiary alicyclic amines) is 1. The fourth-order valence-electron chi connectivity index (χ4n) is 3.76. The molecule has 138 valence electrons. The lowest BCUT2D eigenvalue weighted by Crippen LogP contribution is -2.38. The molecule has 1 aliphatic rings. The zero-order valence-electron chi connectivity index (χ0n) is 15.8. The molecular weight excluding hydrogens is 306 g/mol. The minimum atomic E-state index is 0.379. The summed E-state index contributed by atoms with van der Waals surface area (Å²) >= 11 is 0. The summed E-state index contributed by atoms with van der Waals surface area (Å²) < 4.78 is 0. The summed E-state index contributed by atoms with van der Waals surface area (Å²) in [7, 11) is 0. The van der Waals surface area contributed by atoms with Crippen LogP contribution in [0.3, 0.4) is 0 Å². The Balaban J connectivity index is 1.53. The molecule has 1 aromatic rings. The zero-order valence-corrected chi connectivity index (χ0v) is 15.8. The van der Waals surface area contributed by atoms with Crippen LogP contribution in [0, 0.1) is 5.92 Å². The zero-order chi connectivity index (χ0) is 17.7. The Morgan fingerprint density at radius 1 is 1.00 bits per heavy atom. The summed E-state index contributed by atoms with van der Waals surface area (Å²) in [6.45, 7) is 5.67. The lowest BCUT2D eigenvalue weighted by atomic mass is 9.90. The maximum Gasteiger partial charge on any atom is 0.222 e. The van der Waals surface area contributed by atoms with Crippen LogP contribution < -0.4 is 0 Å². The summed E-state index contributed by atoms with van der Waals surface area (Å²) in [5.74, 6) is 1.12. The van der Waals surface area contributed by atoms with Crippen LogP contribution in [0.15, 0.2) is 43.0 Å². The van der Waals surface area contributed by atoms with E-state index in [0.717, 1.165) is 57.5 Å². The van der Waals surface area contributed by atoms with Gasteiger partial charge in [-0.15, -0.1) is 6.58 Å². The van der Waals surface area contributed by atoms with Gasteiger partial charge in [0, 0.05) is 19.5 Å². The number of amides is 1. The molecule has 25 heavy (non-hydrogen) atoms. The molecule has 0 atom stereocenters. The normalized spacial score (nSPS) is 15.3. The third-order valence-electron chi connectivity index (χ3n) is 5.38. The second-order valence-corrected chi connectivity index (χ2v) is 7.46. The van der Waals surface area contributed by atoms with Gasteiger partial charge in [-0.25, -0.2) is 0 Å². The van der Waals surface area contributed by atoms with Crippen molar-refractivity contribution >= 4 is 5.91 Å². The molecular formula is C23H35NO. The molecule has 0 bridgehead atoms. The van der Waals surface area contributed by atoms with E-state index in [9.17, 15) is 4.79 Å². The second kappa shape index (κ2) is 11.9. The Morgan fingerprint density at radius 2 is 1.64 bits per heavy atom. The van der Waals surface area contributed by atoms with Gasteiger partial charge in [-0.2, -0.15) is 0 Å². The van der Waals surface area contributed by atoms with Gasteiger partial charge >= 0.3 is 0 Å². The van der Waals surface area contributed by atoms with Crippen LogP contribution in [-0.2, 0) is 11.2 Å². The van der Waals surface area contributed by atoms with Crippen molar-refractivity contribution in [2.75, 3.05) is 13.1 Å². The lowest BCUT2D eigenvalue weighted by Gasteiger charge is -2.32. The average molecular weight is 342 g/mol. The van der Waals surface area contributed by atoms with Gasteiger partial charge in [0.2, 0.25) is 5.91 Å². The average Bonchev–Trinajstić information content (AvgIpc) is 2.65. The van der Waals surface area contributed by atoms with Crippen LogP contribution in [0.25, 0.3) is 0 Å². The Labute approximate surface area is 154 Å². The van der Waals surface area contributed by atoms with Gasteiger partial charge in [-0.3, -0.25) is 4.79 Å². The van der Waals surface area contributed by atoms with Gasteiger partial charge in [-0.05, 0) is 50.0 Å². The Hall–Kier alpha value is -1.57. The SMILES string of the molecule is C=CCCCCCCCCC(=O)N1CCC(Cc2ccccc2)CC1. The molecule has 1 amide bonds. The molecule has 0 unspecified atom stereocenters. The number of allylic oxidation sites excluding steroid dienone is 1. The van der Waals surface area contributed by atoms with Gasteiger partial charge < -0.3 is 4.90 Å². The first-order chi connectivity index (χ1) is 12.3. The van der Waals surface area contributed by atoms with E-state index in [2.05, 4.69) is 41.8 Å². The van der Waals surface area contributed by atoms with Crippen LogP contribution >= 0.6 is 0 Å². The molecule has 1 heterocycles. The molecule has 2 nitrogen and oxygen atoms in total. The largest absolute Gasteiger partial charge is 0.343 e. The minimum absolute atomic E-state index is 0.379. The summed E-state index contributed by atoms with van der Waals surface area (Å²) in [6.07, 6.45) is 14.7. The number of nitrogens with zero attached hydrogens (tertiary/aromatic N) is 1. The quantitative estimate of drug-likeness (QED) is 0.369. The predicted octanol–water partition coefficient (Wildman–Crippen LogP) is 5.77. The first kappa shape index (κ1) is 19.8. The highest BCUT2D eigenvalue weighted by Crippen LogP contribution is 2.22. The number of benzene rings is 1. The van der Waals surface area contributed by atoms with Crippen molar-refractivity contribution in [3.05, 3.63) is 48.6 Å². The van der Waals surface area contributed by atoms with Crippen LogP contribution in [0.5, 0.6) is 0 Å². The summed E-state index contributed by atoms with van der Waals surface area (Å²) in [4.78, 5) is 14.5. The number of carbonyl (C=O) groups is 1. The van der Waals surface area contributed by atoms with E-state index >= 15 is 0 Å². The number of hydrogen-bond acceptors (Lipinski definition) is 1. The van der Waals surface area contributed by atoms with E-state index in [0.29, 0.717) is 5.91 Å². The Bertz CT molecular complexity index is 488. The van der Waals surface area contributed by atoms with E-state index in [1.165, 1.54) is 37.7 Å². The highest BCUT2D eigenvalue weighted by molar-refractivity contribution is 5.76. The molecule has 1 saturated heterocycles. The lowest BCUT2D eigenvalue weighted by molar-refractivity contribution is -0.132. The molecule has 2 heteroatoms. The maximum atomic E-state index is 12.4. The standard InChI is InChI=1S/C23H35NO/c1-2-3-4-5-6-7-8-12-15-23(25)24-18-16-22(17-19-24)20-21-13-10-9-11-14-21/h2,9-11,13-14,22H,1,3-8,12,15-20H2. The number of piperidine rings is 1. The van der Waals surface area contributed by atoms with Crippen LogP contribution in [0.4, 0.5) is 0 Å². The molecule has 2 rings (SSSR count). The fraction of sp³-hybridized carbons (Fsp3) is 0.609. The smallest absolute Gasteiger partial charge is 0.222 e. The van der Waals surface area contributed by atoms with Crippen molar-refractivity contribution < 1.29 is 4.79 Å². The molecule has 0 aliphatic carbocycles. The number of carbonyl (C=O) groups excluding carboxylic acids is 1. The van der Waals surface area contributed by atoms with Crippen molar-refractivity contribution in [1.82, 2.24) is 4.90 Å². The molecule has 0 N–H and O–H groups in total.